The Morgan fingerprint density at radius 1 is 0.762 bits per heavy atom. The summed E-state index contributed by atoms with van der Waals surface area (Å²) in [6.07, 6.45) is 0.439. The first-order valence-electron chi connectivity index (χ1n) is 25.7. The van der Waals surface area contributed by atoms with Gasteiger partial charge in [-0.05, 0) is 61.4 Å². The maximum Gasteiger partial charge on any atom is 0.303 e. The Labute approximate surface area is 460 Å². The van der Waals surface area contributed by atoms with Crippen LogP contribution in [0, 0.1) is 23.0 Å². The number of nitrogens with one attached hydrogen (secondary N) is 5. The first-order chi connectivity index (χ1) is 37.6. The number of rotatable bonds is 31. The first kappa shape index (κ1) is 64.0. The molecule has 3 aromatic rings. The SMILES string of the molecule is CC(=O)N[C@@H](C)C(=O)C[C@H](C)C(=O)N[C@@H](CC(N)=O)C(=O)N[C@@H](CCN(C(=O)CO)[C@@H](c1cc(-c2cc(F)ccc2F)cn1Cc1ccccc1)C(C)(C)C)C(=O)NCCCC(=O)[C@@H](CCC(=O)O)NC(=O)CN1C(=O)C=CC1=O. The molecule has 25 heteroatoms. The van der Waals surface area contributed by atoms with E-state index >= 15 is 4.39 Å². The molecule has 6 atom stereocenters. The summed E-state index contributed by atoms with van der Waals surface area (Å²) in [4.78, 5) is 156. The molecule has 2 aromatic carbocycles. The lowest BCUT2D eigenvalue weighted by Gasteiger charge is -2.41. The summed E-state index contributed by atoms with van der Waals surface area (Å²) < 4.78 is 31.8. The molecule has 9 N–H and O–H groups in total. The van der Waals surface area contributed by atoms with E-state index in [1.165, 1.54) is 25.7 Å². The highest BCUT2D eigenvalue weighted by Gasteiger charge is 2.39. The van der Waals surface area contributed by atoms with Crippen LogP contribution < -0.4 is 32.3 Å². The van der Waals surface area contributed by atoms with E-state index in [2.05, 4.69) is 26.6 Å². The lowest BCUT2D eigenvalue weighted by Crippen LogP contribution is -2.56. The lowest BCUT2D eigenvalue weighted by atomic mass is 9.82. The molecule has 1 aliphatic heterocycles. The summed E-state index contributed by atoms with van der Waals surface area (Å²) in [5.41, 5.74) is 5.91. The van der Waals surface area contributed by atoms with Gasteiger partial charge in [0.1, 0.15) is 36.9 Å². The molecule has 432 valence electrons. The molecule has 0 fully saturated rings. The van der Waals surface area contributed by atoms with Crippen LogP contribution in [0.3, 0.4) is 0 Å². The molecule has 0 bridgehead atoms. The van der Waals surface area contributed by atoms with Crippen molar-refractivity contribution in [1.82, 2.24) is 41.0 Å². The van der Waals surface area contributed by atoms with Gasteiger partial charge in [-0.1, -0.05) is 58.0 Å². The second-order valence-electron chi connectivity index (χ2n) is 20.5. The summed E-state index contributed by atoms with van der Waals surface area (Å²) in [6, 6.07) is 6.86. The van der Waals surface area contributed by atoms with Crippen molar-refractivity contribution in [3.63, 3.8) is 0 Å². The Hall–Kier alpha value is -8.48. The topological polar surface area (TPSA) is 343 Å². The first-order valence-corrected chi connectivity index (χ1v) is 25.7. The molecule has 0 saturated carbocycles. The number of benzene rings is 2. The largest absolute Gasteiger partial charge is 0.481 e. The number of carboxylic acids is 1. The zero-order valence-corrected chi connectivity index (χ0v) is 45.3. The highest BCUT2D eigenvalue weighted by Crippen LogP contribution is 2.41. The zero-order chi connectivity index (χ0) is 59.6. The van der Waals surface area contributed by atoms with Gasteiger partial charge < -0.3 is 52.0 Å². The van der Waals surface area contributed by atoms with Gasteiger partial charge in [-0.15, -0.1) is 0 Å². The molecule has 0 aliphatic carbocycles. The minimum Gasteiger partial charge on any atom is -0.481 e. The molecule has 0 saturated heterocycles. The second-order valence-corrected chi connectivity index (χ2v) is 20.5. The van der Waals surface area contributed by atoms with Crippen molar-refractivity contribution in [2.75, 3.05) is 26.2 Å². The molecule has 4 rings (SSSR count). The predicted octanol–water partition coefficient (Wildman–Crippen LogP) is 1.48. The summed E-state index contributed by atoms with van der Waals surface area (Å²) in [5, 5.41) is 32.1. The minimum absolute atomic E-state index is 0.0868. The summed E-state index contributed by atoms with van der Waals surface area (Å²) in [7, 11) is 0. The zero-order valence-electron chi connectivity index (χ0n) is 45.3. The Bertz CT molecular complexity index is 2830. The van der Waals surface area contributed by atoms with E-state index in [1.807, 2.05) is 12.1 Å². The number of Topliss-reactive ketones (excluding diaryl/α,β-unsaturated/α-hetero) is 2. The number of primary amides is 1. The maximum absolute atomic E-state index is 15.4. The van der Waals surface area contributed by atoms with Gasteiger partial charge >= 0.3 is 5.97 Å². The number of ketones is 2. The third-order valence-corrected chi connectivity index (χ3v) is 12.9. The minimum atomic E-state index is -1.74. The smallest absolute Gasteiger partial charge is 0.303 e. The van der Waals surface area contributed by atoms with E-state index in [0.29, 0.717) is 10.6 Å². The van der Waals surface area contributed by atoms with Gasteiger partial charge in [0.15, 0.2) is 11.6 Å². The van der Waals surface area contributed by atoms with E-state index in [-0.39, 0.29) is 43.5 Å². The molecular formula is C55H69F2N9O14. The van der Waals surface area contributed by atoms with Gasteiger partial charge in [-0.25, -0.2) is 8.78 Å². The summed E-state index contributed by atoms with van der Waals surface area (Å²) in [6.45, 7) is 6.98. The third-order valence-electron chi connectivity index (χ3n) is 12.9. The number of aliphatic hydroxyl groups is 1. The number of carboxylic acid groups (broad SMARTS) is 1. The van der Waals surface area contributed by atoms with Crippen molar-refractivity contribution in [3.05, 3.63) is 95.8 Å². The van der Waals surface area contributed by atoms with Crippen molar-refractivity contribution in [1.29, 1.82) is 0 Å². The summed E-state index contributed by atoms with van der Waals surface area (Å²) >= 11 is 0. The fourth-order valence-electron chi connectivity index (χ4n) is 8.91. The monoisotopic (exact) mass is 1120 g/mol. The number of nitrogens with zero attached hydrogens (tertiary/aromatic N) is 3. The quantitative estimate of drug-likeness (QED) is 0.0335. The van der Waals surface area contributed by atoms with Crippen LogP contribution in [-0.4, -0.2) is 146 Å². The third kappa shape index (κ3) is 19.2. The van der Waals surface area contributed by atoms with Crippen molar-refractivity contribution >= 4 is 70.7 Å². The van der Waals surface area contributed by atoms with Crippen molar-refractivity contribution in [2.45, 2.75) is 123 Å². The molecular weight excluding hydrogens is 1050 g/mol. The Morgan fingerprint density at radius 2 is 1.41 bits per heavy atom. The number of carbonyl (C=O) groups is 12. The number of hydrogen-bond acceptors (Lipinski definition) is 13. The normalized spacial score (nSPS) is 14.4. The molecule has 0 unspecified atom stereocenters. The van der Waals surface area contributed by atoms with Crippen LogP contribution in [0.4, 0.5) is 8.78 Å². The number of hydrogen-bond donors (Lipinski definition) is 8. The van der Waals surface area contributed by atoms with E-state index < -0.39 is 169 Å². The van der Waals surface area contributed by atoms with Gasteiger partial charge in [0.05, 0.1) is 24.5 Å². The van der Waals surface area contributed by atoms with Crippen LogP contribution >= 0.6 is 0 Å². The predicted molar refractivity (Wildman–Crippen MR) is 283 cm³/mol. The Morgan fingerprint density at radius 3 is 2.01 bits per heavy atom. The fraction of sp³-hybridized carbons (Fsp3) is 0.455. The lowest BCUT2D eigenvalue weighted by molar-refractivity contribution is -0.141. The number of nitrogens with two attached hydrogens (primary N) is 1. The van der Waals surface area contributed by atoms with Crippen LogP contribution in [0.1, 0.15) is 104 Å². The fourth-order valence-corrected chi connectivity index (χ4v) is 8.91. The maximum atomic E-state index is 15.4. The molecule has 23 nitrogen and oxygen atoms in total. The van der Waals surface area contributed by atoms with Gasteiger partial charge in [-0.2, -0.15) is 0 Å². The number of amides is 9. The average molecular weight is 1120 g/mol. The summed E-state index contributed by atoms with van der Waals surface area (Å²) in [5.74, 6) is -12.8. The molecule has 0 radical (unpaired) electrons. The van der Waals surface area contributed by atoms with Gasteiger partial charge in [-0.3, -0.25) is 62.4 Å². The van der Waals surface area contributed by atoms with Gasteiger partial charge in [0.2, 0.25) is 41.4 Å². The van der Waals surface area contributed by atoms with Gasteiger partial charge in [0.25, 0.3) is 11.8 Å². The van der Waals surface area contributed by atoms with Crippen molar-refractivity contribution < 1.29 is 76.5 Å². The number of aliphatic carboxylic acids is 1. The number of aliphatic hydroxyl groups excluding tert-OH is 1. The molecule has 1 aliphatic rings. The number of imide groups is 1. The number of carbonyl (C=O) groups excluding carboxylic acids is 11. The van der Waals surface area contributed by atoms with E-state index in [0.717, 1.165) is 35.9 Å². The molecule has 2 heterocycles. The Kier molecular flexibility index (Phi) is 23.6. The molecule has 80 heavy (non-hydrogen) atoms. The van der Waals surface area contributed by atoms with Gasteiger partial charge in [0, 0.05) is 86.9 Å². The van der Waals surface area contributed by atoms with Crippen LogP contribution in [0.15, 0.2) is 72.9 Å². The molecule has 9 amide bonds. The second kappa shape index (κ2) is 29.5. The standard InChI is InChI=1S/C55H69F2N9O14/c1-31(23-44(70)32(2)60-33(3)68)52(78)63-41(26-45(58)71)54(80)62-40(53(79)59-21-10-13-43(69)39(16-19-50(76)77)61-46(72)29-66-47(73)17-18-48(66)74)20-22-65(49(75)30-67)51(55(4,5)6)42-24-35(37-25-36(56)14-15-38(37)57)28-64(42)27-34-11-8-7-9-12-34/h7-9,11-12,14-15,17-18,24-25,28,31-32,39-41,51,67H,10,13,16,19-23,26-27,29-30H2,1-6H3,(H2,58,71)(H,59,79)(H,60,68)(H,61,72)(H,62,80)(H,63,78)(H,76,77)/t31-,32-,39+,40-,41-,51-/m0/s1. The van der Waals surface area contributed by atoms with Crippen LogP contribution in [0.5, 0.6) is 0 Å². The Balaban J connectivity index is 1.69. The highest BCUT2D eigenvalue weighted by atomic mass is 19.1. The average Bonchev–Trinajstić information content (AvgIpc) is 3.93. The van der Waals surface area contributed by atoms with E-state index in [4.69, 9.17) is 5.73 Å². The van der Waals surface area contributed by atoms with Crippen LogP contribution in [0.2, 0.25) is 0 Å². The highest BCUT2D eigenvalue weighted by molar-refractivity contribution is 6.14. The molecule has 0 spiro atoms. The number of aromatic nitrogens is 1. The van der Waals surface area contributed by atoms with E-state index in [9.17, 15) is 72.1 Å². The van der Waals surface area contributed by atoms with Crippen molar-refractivity contribution in [2.24, 2.45) is 17.1 Å². The van der Waals surface area contributed by atoms with Crippen LogP contribution in [0.25, 0.3) is 11.1 Å². The van der Waals surface area contributed by atoms with Crippen molar-refractivity contribution in [3.8, 4) is 11.1 Å². The molecule has 1 aromatic heterocycles. The number of halogens is 2. The van der Waals surface area contributed by atoms with Crippen LogP contribution in [-0.2, 0) is 64.1 Å². The van der Waals surface area contributed by atoms with E-state index in [1.54, 1.807) is 55.8 Å².